The molecule has 0 spiro atoms. The van der Waals surface area contributed by atoms with E-state index in [1.54, 1.807) is 0 Å². The van der Waals surface area contributed by atoms with Gasteiger partial charge in [-0.25, -0.2) is 0 Å². The minimum absolute atomic E-state index is 0.885. The molecule has 0 radical (unpaired) electrons. The Kier molecular flexibility index (Phi) is 5.09. The normalized spacial score (nSPS) is 16.6. The lowest BCUT2D eigenvalue weighted by Crippen LogP contribution is -2.45. The predicted octanol–water partition coefficient (Wildman–Crippen LogP) is 3.62. The number of para-hydroxylation sites is 1. The zero-order chi connectivity index (χ0) is 15.2. The molecular formula is C19H24N2O. The lowest BCUT2D eigenvalue weighted by atomic mass is 10.2. The van der Waals surface area contributed by atoms with Crippen LogP contribution in [0.25, 0.3) is 0 Å². The number of likely N-dealkylation sites (N-methyl/N-ethyl adjacent to an activating group) is 1. The summed E-state index contributed by atoms with van der Waals surface area (Å²) in [5.41, 5.74) is 1.32. The second kappa shape index (κ2) is 7.43. The number of rotatable bonds is 5. The molecule has 116 valence electrons. The van der Waals surface area contributed by atoms with Gasteiger partial charge in [0.2, 0.25) is 0 Å². The molecule has 1 fully saturated rings. The van der Waals surface area contributed by atoms with Crippen molar-refractivity contribution in [1.29, 1.82) is 0 Å². The van der Waals surface area contributed by atoms with Crippen molar-refractivity contribution >= 4 is 0 Å². The predicted molar refractivity (Wildman–Crippen MR) is 90.3 cm³/mol. The van der Waals surface area contributed by atoms with Crippen LogP contribution in [0.2, 0.25) is 0 Å². The van der Waals surface area contributed by atoms with Crippen LogP contribution in [0.1, 0.15) is 12.5 Å². The van der Waals surface area contributed by atoms with Gasteiger partial charge in [-0.15, -0.1) is 0 Å². The van der Waals surface area contributed by atoms with Gasteiger partial charge in [0.25, 0.3) is 0 Å². The molecule has 0 aliphatic carbocycles. The van der Waals surface area contributed by atoms with E-state index in [0.717, 1.165) is 37.7 Å². The van der Waals surface area contributed by atoms with Gasteiger partial charge in [-0.3, -0.25) is 4.90 Å². The van der Waals surface area contributed by atoms with E-state index < -0.39 is 0 Å². The first-order valence-electron chi connectivity index (χ1n) is 8.10. The first-order chi connectivity index (χ1) is 10.8. The molecule has 0 amide bonds. The van der Waals surface area contributed by atoms with E-state index in [1.807, 2.05) is 36.4 Å². The zero-order valence-corrected chi connectivity index (χ0v) is 13.2. The van der Waals surface area contributed by atoms with Gasteiger partial charge in [0.15, 0.2) is 0 Å². The first-order valence-corrected chi connectivity index (χ1v) is 8.10. The lowest BCUT2D eigenvalue weighted by Gasteiger charge is -2.34. The van der Waals surface area contributed by atoms with Gasteiger partial charge in [0.1, 0.15) is 11.5 Å². The molecule has 1 heterocycles. The molecule has 22 heavy (non-hydrogen) atoms. The van der Waals surface area contributed by atoms with E-state index in [-0.39, 0.29) is 0 Å². The first kappa shape index (κ1) is 15.1. The Hall–Kier alpha value is -1.84. The summed E-state index contributed by atoms with van der Waals surface area (Å²) >= 11 is 0. The maximum absolute atomic E-state index is 5.92. The van der Waals surface area contributed by atoms with Crippen molar-refractivity contribution in [3.63, 3.8) is 0 Å². The maximum Gasteiger partial charge on any atom is 0.127 e. The second-order valence-corrected chi connectivity index (χ2v) is 5.77. The third-order valence-electron chi connectivity index (χ3n) is 4.20. The molecular weight excluding hydrogens is 272 g/mol. The highest BCUT2D eigenvalue weighted by atomic mass is 16.5. The average molecular weight is 296 g/mol. The fraction of sp³-hybridized carbons (Fsp3) is 0.368. The van der Waals surface area contributed by atoms with Crippen LogP contribution < -0.4 is 4.74 Å². The molecule has 3 rings (SSSR count). The molecule has 0 atom stereocenters. The van der Waals surface area contributed by atoms with E-state index in [1.165, 1.54) is 18.7 Å². The number of hydrogen-bond donors (Lipinski definition) is 0. The third kappa shape index (κ3) is 4.09. The van der Waals surface area contributed by atoms with Crippen molar-refractivity contribution in [2.45, 2.75) is 13.5 Å². The summed E-state index contributed by atoms with van der Waals surface area (Å²) in [5, 5.41) is 0. The minimum Gasteiger partial charge on any atom is -0.457 e. The summed E-state index contributed by atoms with van der Waals surface area (Å²) < 4.78 is 5.92. The highest BCUT2D eigenvalue weighted by Gasteiger charge is 2.15. The van der Waals surface area contributed by atoms with Crippen molar-refractivity contribution < 1.29 is 4.74 Å². The molecule has 3 heteroatoms. The van der Waals surface area contributed by atoms with Crippen molar-refractivity contribution in [2.75, 3.05) is 32.7 Å². The van der Waals surface area contributed by atoms with Crippen LogP contribution in [0.15, 0.2) is 54.6 Å². The van der Waals surface area contributed by atoms with Crippen LogP contribution in [0.4, 0.5) is 0 Å². The number of nitrogens with zero attached hydrogens (tertiary/aromatic N) is 2. The summed E-state index contributed by atoms with van der Waals surface area (Å²) in [6.45, 7) is 9.06. The minimum atomic E-state index is 0.885. The topological polar surface area (TPSA) is 15.7 Å². The quantitative estimate of drug-likeness (QED) is 0.838. The summed E-state index contributed by atoms with van der Waals surface area (Å²) in [6.07, 6.45) is 0. The van der Waals surface area contributed by atoms with Crippen LogP contribution in [0.3, 0.4) is 0 Å². The van der Waals surface area contributed by atoms with E-state index in [9.17, 15) is 0 Å². The number of ether oxygens (including phenoxy) is 1. The summed E-state index contributed by atoms with van der Waals surface area (Å²) in [5.74, 6) is 1.80. The van der Waals surface area contributed by atoms with Gasteiger partial charge in [-0.05, 0) is 36.4 Å². The second-order valence-electron chi connectivity index (χ2n) is 5.77. The fourth-order valence-corrected chi connectivity index (χ4v) is 2.85. The molecule has 2 aromatic rings. The highest BCUT2D eigenvalue weighted by Crippen LogP contribution is 2.22. The molecule has 1 saturated heterocycles. The van der Waals surface area contributed by atoms with Crippen LogP contribution in [-0.2, 0) is 6.54 Å². The molecule has 2 aromatic carbocycles. The highest BCUT2D eigenvalue weighted by molar-refractivity contribution is 5.33. The Morgan fingerprint density at radius 2 is 1.50 bits per heavy atom. The monoisotopic (exact) mass is 296 g/mol. The van der Waals surface area contributed by atoms with Gasteiger partial charge >= 0.3 is 0 Å². The van der Waals surface area contributed by atoms with E-state index in [2.05, 4.69) is 34.9 Å². The molecule has 0 unspecified atom stereocenters. The van der Waals surface area contributed by atoms with Gasteiger partial charge in [0, 0.05) is 32.7 Å². The SMILES string of the molecule is CCN1CCN(Cc2cccc(Oc3ccccc3)c2)CC1. The van der Waals surface area contributed by atoms with Gasteiger partial charge in [-0.1, -0.05) is 37.3 Å². The maximum atomic E-state index is 5.92. The molecule has 0 bridgehead atoms. The van der Waals surface area contributed by atoms with Crippen molar-refractivity contribution in [2.24, 2.45) is 0 Å². The van der Waals surface area contributed by atoms with Crippen LogP contribution in [0.5, 0.6) is 11.5 Å². The van der Waals surface area contributed by atoms with Crippen molar-refractivity contribution in [3.8, 4) is 11.5 Å². The smallest absolute Gasteiger partial charge is 0.127 e. The van der Waals surface area contributed by atoms with Gasteiger partial charge in [0.05, 0.1) is 0 Å². The van der Waals surface area contributed by atoms with Crippen LogP contribution in [-0.4, -0.2) is 42.5 Å². The molecule has 3 nitrogen and oxygen atoms in total. The number of hydrogen-bond acceptors (Lipinski definition) is 3. The summed E-state index contributed by atoms with van der Waals surface area (Å²) in [7, 11) is 0. The van der Waals surface area contributed by atoms with Gasteiger partial charge in [-0.2, -0.15) is 0 Å². The van der Waals surface area contributed by atoms with Crippen molar-refractivity contribution in [1.82, 2.24) is 9.80 Å². The Labute approximate surface area is 133 Å². The number of benzene rings is 2. The average Bonchev–Trinajstić information content (AvgIpc) is 2.57. The Bertz CT molecular complexity index is 577. The lowest BCUT2D eigenvalue weighted by molar-refractivity contribution is 0.132. The zero-order valence-electron chi connectivity index (χ0n) is 13.2. The standard InChI is InChI=1S/C19H24N2O/c1-2-20-11-13-21(14-12-20)16-17-7-6-10-19(15-17)22-18-8-4-3-5-9-18/h3-10,15H,2,11-14,16H2,1H3. The fourth-order valence-electron chi connectivity index (χ4n) is 2.85. The van der Waals surface area contributed by atoms with Crippen LogP contribution in [0, 0.1) is 0 Å². The van der Waals surface area contributed by atoms with Gasteiger partial charge < -0.3 is 9.64 Å². The molecule has 0 saturated carbocycles. The molecule has 0 N–H and O–H groups in total. The van der Waals surface area contributed by atoms with E-state index in [4.69, 9.17) is 4.74 Å². The largest absolute Gasteiger partial charge is 0.457 e. The van der Waals surface area contributed by atoms with E-state index >= 15 is 0 Å². The number of piperazine rings is 1. The molecule has 0 aromatic heterocycles. The molecule has 1 aliphatic heterocycles. The Morgan fingerprint density at radius 1 is 0.818 bits per heavy atom. The van der Waals surface area contributed by atoms with Crippen molar-refractivity contribution in [3.05, 3.63) is 60.2 Å². The molecule has 1 aliphatic rings. The van der Waals surface area contributed by atoms with E-state index in [0.29, 0.717) is 0 Å². The van der Waals surface area contributed by atoms with Crippen LogP contribution >= 0.6 is 0 Å². The Morgan fingerprint density at radius 3 is 2.23 bits per heavy atom. The Balaban J connectivity index is 1.60. The third-order valence-corrected chi connectivity index (χ3v) is 4.20. The summed E-state index contributed by atoms with van der Waals surface area (Å²) in [6, 6.07) is 18.4. The summed E-state index contributed by atoms with van der Waals surface area (Å²) in [4.78, 5) is 5.03.